The molecule has 0 spiro atoms. The molecule has 0 nitrogen and oxygen atoms in total. The van der Waals surface area contributed by atoms with Crippen LogP contribution in [0, 0.1) is 38.6 Å². The third-order valence-electron chi connectivity index (χ3n) is 3.20. The van der Waals surface area contributed by atoms with Crippen LogP contribution in [0.3, 0.4) is 0 Å². The Labute approximate surface area is 176 Å². The van der Waals surface area contributed by atoms with Gasteiger partial charge in [0.2, 0.25) is 0 Å². The van der Waals surface area contributed by atoms with Gasteiger partial charge in [-0.2, -0.15) is 0 Å². The van der Waals surface area contributed by atoms with Crippen molar-refractivity contribution in [2.75, 3.05) is 0 Å². The zero-order chi connectivity index (χ0) is 13.8. The lowest BCUT2D eigenvalue weighted by atomic mass is 10.0. The Kier molecular flexibility index (Phi) is 5.78. The Morgan fingerprint density at radius 1 is 0.444 bits per heavy atom. The SMILES string of the molecule is Cc1c(C)c(I)c2c(I)c(I)c(C)c(I)c2c1I. The maximum atomic E-state index is 2.50. The summed E-state index contributed by atoms with van der Waals surface area (Å²) in [5.41, 5.74) is 4.24. The number of halogens is 5. The zero-order valence-electron chi connectivity index (χ0n) is 9.89. The van der Waals surface area contributed by atoms with Crippen LogP contribution >= 0.6 is 113 Å². The minimum Gasteiger partial charge on any atom is -0.0433 e. The van der Waals surface area contributed by atoms with Gasteiger partial charge in [-0.05, 0) is 150 Å². The Bertz CT molecular complexity index is 560. The second-order valence-corrected chi connectivity index (χ2v) is 9.59. The molecule has 2 aromatic carbocycles. The maximum Gasteiger partial charge on any atom is 0.0356 e. The largest absolute Gasteiger partial charge is 0.0433 e. The van der Waals surface area contributed by atoms with Crippen LogP contribution in [0.25, 0.3) is 10.8 Å². The monoisotopic (exact) mass is 800 g/mol. The van der Waals surface area contributed by atoms with Gasteiger partial charge in [0.25, 0.3) is 0 Å². The average Bonchev–Trinajstić information content (AvgIpc) is 2.35. The summed E-state index contributed by atoms with van der Waals surface area (Å²) in [5, 5.41) is 2.87. The molecular formula is C13H9I5. The van der Waals surface area contributed by atoms with Gasteiger partial charge in [0.05, 0.1) is 0 Å². The highest BCUT2D eigenvalue weighted by Gasteiger charge is 2.19. The van der Waals surface area contributed by atoms with Crippen LogP contribution in [-0.4, -0.2) is 0 Å². The fraction of sp³-hybridized carbons (Fsp3) is 0.231. The molecule has 0 aliphatic rings. The van der Waals surface area contributed by atoms with Crippen molar-refractivity contribution in [1.29, 1.82) is 0 Å². The van der Waals surface area contributed by atoms with E-state index in [9.17, 15) is 0 Å². The van der Waals surface area contributed by atoms with Crippen molar-refractivity contribution in [1.82, 2.24) is 0 Å². The van der Waals surface area contributed by atoms with E-state index in [1.54, 1.807) is 0 Å². The van der Waals surface area contributed by atoms with Crippen LogP contribution < -0.4 is 0 Å². The molecule has 96 valence electrons. The lowest BCUT2D eigenvalue weighted by molar-refractivity contribution is 1.30. The molecule has 0 unspecified atom stereocenters. The molecule has 0 aromatic heterocycles. The quantitative estimate of drug-likeness (QED) is 0.204. The van der Waals surface area contributed by atoms with E-state index in [-0.39, 0.29) is 0 Å². The summed E-state index contributed by atoms with van der Waals surface area (Å²) < 4.78 is 6.99. The van der Waals surface area contributed by atoms with E-state index in [1.165, 1.54) is 45.3 Å². The predicted octanol–water partition coefficient (Wildman–Crippen LogP) is 6.79. The van der Waals surface area contributed by atoms with Crippen molar-refractivity contribution in [3.63, 3.8) is 0 Å². The third kappa shape index (κ3) is 2.57. The van der Waals surface area contributed by atoms with E-state index in [2.05, 4.69) is 134 Å². The number of rotatable bonds is 0. The number of benzene rings is 2. The molecule has 0 bridgehead atoms. The predicted molar refractivity (Wildman–Crippen MR) is 122 cm³/mol. The van der Waals surface area contributed by atoms with E-state index < -0.39 is 0 Å². The number of hydrogen-bond donors (Lipinski definition) is 0. The molecule has 0 saturated carbocycles. The van der Waals surface area contributed by atoms with Crippen LogP contribution in [0.5, 0.6) is 0 Å². The van der Waals surface area contributed by atoms with Crippen LogP contribution in [0.15, 0.2) is 0 Å². The van der Waals surface area contributed by atoms with E-state index in [4.69, 9.17) is 0 Å². The lowest BCUT2D eigenvalue weighted by Gasteiger charge is -2.17. The van der Waals surface area contributed by atoms with Crippen LogP contribution in [0.1, 0.15) is 16.7 Å². The van der Waals surface area contributed by atoms with Crippen molar-refractivity contribution in [3.05, 3.63) is 34.5 Å². The Morgan fingerprint density at radius 2 is 0.778 bits per heavy atom. The van der Waals surface area contributed by atoms with Crippen LogP contribution in [0.2, 0.25) is 0 Å². The first kappa shape index (κ1) is 16.7. The molecule has 0 fully saturated rings. The van der Waals surface area contributed by atoms with Gasteiger partial charge in [0, 0.05) is 28.6 Å². The standard InChI is InChI=1S/C13H9I5/c1-4-5(2)10(15)8-7(9(4)14)11(16)6(3)12(17)13(8)18/h1-3H3. The molecule has 5 heteroatoms. The Balaban J connectivity index is 3.22. The molecule has 18 heavy (non-hydrogen) atoms. The Hall–Kier alpha value is 2.35. The van der Waals surface area contributed by atoms with Crippen molar-refractivity contribution < 1.29 is 0 Å². The summed E-state index contributed by atoms with van der Waals surface area (Å²) in [6.45, 7) is 6.69. The zero-order valence-corrected chi connectivity index (χ0v) is 20.7. The summed E-state index contributed by atoms with van der Waals surface area (Å²) in [7, 11) is 0. The third-order valence-corrected chi connectivity index (χ3v) is 10.7. The minimum atomic E-state index is 1.39. The number of hydrogen-bond acceptors (Lipinski definition) is 0. The van der Waals surface area contributed by atoms with Crippen molar-refractivity contribution in [2.45, 2.75) is 20.8 Å². The first-order chi connectivity index (χ1) is 8.29. The fourth-order valence-corrected chi connectivity index (χ4v) is 7.62. The summed E-state index contributed by atoms with van der Waals surface area (Å²) in [5.74, 6) is 0. The molecule has 0 aliphatic carbocycles. The summed E-state index contributed by atoms with van der Waals surface area (Å²) in [4.78, 5) is 0. The molecule has 0 N–H and O–H groups in total. The number of fused-ring (bicyclic) bond motifs is 1. The van der Waals surface area contributed by atoms with Gasteiger partial charge in [-0.25, -0.2) is 0 Å². The lowest BCUT2D eigenvalue weighted by Crippen LogP contribution is -2.01. The first-order valence-electron chi connectivity index (χ1n) is 5.19. The van der Waals surface area contributed by atoms with E-state index >= 15 is 0 Å². The second-order valence-electron chi connectivity index (χ2n) is 4.19. The Morgan fingerprint density at radius 3 is 1.22 bits per heavy atom. The normalized spacial score (nSPS) is 11.3. The molecule has 0 heterocycles. The molecule has 0 atom stereocenters. The van der Waals surface area contributed by atoms with E-state index in [0.29, 0.717) is 0 Å². The van der Waals surface area contributed by atoms with Crippen molar-refractivity contribution >= 4 is 124 Å². The molecule has 0 radical (unpaired) electrons. The highest BCUT2D eigenvalue weighted by molar-refractivity contribution is 14.1. The van der Waals surface area contributed by atoms with Crippen LogP contribution in [0.4, 0.5) is 0 Å². The molecule has 2 rings (SSSR count). The maximum absolute atomic E-state index is 2.50. The summed E-state index contributed by atoms with van der Waals surface area (Å²) >= 11 is 12.5. The smallest absolute Gasteiger partial charge is 0.0356 e. The summed E-state index contributed by atoms with van der Waals surface area (Å²) in [6.07, 6.45) is 0. The molecular weight excluding hydrogens is 791 g/mol. The first-order valence-corrected chi connectivity index (χ1v) is 10.6. The van der Waals surface area contributed by atoms with Gasteiger partial charge in [0.1, 0.15) is 0 Å². The highest BCUT2D eigenvalue weighted by atomic mass is 127. The van der Waals surface area contributed by atoms with Gasteiger partial charge in [0.15, 0.2) is 0 Å². The summed E-state index contributed by atoms with van der Waals surface area (Å²) in [6, 6.07) is 0. The second kappa shape index (κ2) is 6.23. The van der Waals surface area contributed by atoms with Crippen molar-refractivity contribution in [3.8, 4) is 0 Å². The molecule has 0 aliphatic heterocycles. The molecule has 0 amide bonds. The van der Waals surface area contributed by atoms with Gasteiger partial charge < -0.3 is 0 Å². The average molecular weight is 800 g/mol. The highest BCUT2D eigenvalue weighted by Crippen LogP contribution is 2.40. The van der Waals surface area contributed by atoms with Gasteiger partial charge >= 0.3 is 0 Å². The topological polar surface area (TPSA) is 0 Å². The van der Waals surface area contributed by atoms with E-state index in [1.807, 2.05) is 0 Å². The van der Waals surface area contributed by atoms with Gasteiger partial charge in [-0.15, -0.1) is 0 Å². The molecule has 2 aromatic rings. The van der Waals surface area contributed by atoms with E-state index in [0.717, 1.165) is 0 Å². The van der Waals surface area contributed by atoms with Gasteiger partial charge in [-0.3, -0.25) is 0 Å². The fourth-order valence-electron chi connectivity index (χ4n) is 1.89. The molecule has 0 saturated heterocycles. The van der Waals surface area contributed by atoms with Crippen molar-refractivity contribution in [2.24, 2.45) is 0 Å². The van der Waals surface area contributed by atoms with Gasteiger partial charge in [-0.1, -0.05) is 0 Å². The van der Waals surface area contributed by atoms with Crippen LogP contribution in [-0.2, 0) is 0 Å². The minimum absolute atomic E-state index is 1.39.